The Hall–Kier alpha value is -6.10. The van der Waals surface area contributed by atoms with Crippen molar-refractivity contribution < 1.29 is 24.8 Å². The maximum absolute atomic E-state index is 17.0. The fourth-order valence-electron chi connectivity index (χ4n) is 8.93. The van der Waals surface area contributed by atoms with E-state index in [1.54, 1.807) is 17.8 Å². The van der Waals surface area contributed by atoms with Crippen LogP contribution in [0, 0.1) is 12.1 Å². The Balaban J connectivity index is 0.00000408. The van der Waals surface area contributed by atoms with Gasteiger partial charge >= 0.3 is 20.4 Å². The van der Waals surface area contributed by atoms with Crippen molar-refractivity contribution in [3.8, 4) is 17.1 Å². The van der Waals surface area contributed by atoms with E-state index >= 15 is 4.39 Å². The minimum absolute atomic E-state index is 0. The second kappa shape index (κ2) is 14.4. The van der Waals surface area contributed by atoms with E-state index < -0.39 is 11.6 Å². The number of aryl methyl sites for hydroxylation is 1. The molecule has 280 valence electrons. The zero-order chi connectivity index (χ0) is 38.1. The average Bonchev–Trinajstić information content (AvgIpc) is 3.80. The average molecular weight is 859 g/mol. The van der Waals surface area contributed by atoms with Gasteiger partial charge in [-0.25, -0.2) is 9.37 Å². The number of hydrogen-bond acceptors (Lipinski definition) is 3. The van der Waals surface area contributed by atoms with E-state index in [1.807, 2.05) is 78.5 Å². The van der Waals surface area contributed by atoms with Gasteiger partial charge in [0.1, 0.15) is 11.8 Å². The largest absolute Gasteiger partial charge is 2.00 e. The van der Waals surface area contributed by atoms with E-state index in [0.717, 1.165) is 54.8 Å². The zero-order valence-corrected chi connectivity index (χ0v) is 33.6. The molecule has 3 aromatic heterocycles. The van der Waals surface area contributed by atoms with Crippen molar-refractivity contribution in [2.24, 2.45) is 7.05 Å². The fraction of sp³-hybridized carbons (Fsp3) is 0.0588. The van der Waals surface area contributed by atoms with Gasteiger partial charge in [0.05, 0.1) is 27.8 Å². The molecule has 7 heteroatoms. The summed E-state index contributed by atoms with van der Waals surface area (Å²) in [6.07, 6.45) is 0.351. The minimum Gasteiger partial charge on any atom is -0.367 e. The third-order valence-electron chi connectivity index (χ3n) is 11.4. The zero-order valence-electron chi connectivity index (χ0n) is 31.2. The molecule has 0 aliphatic carbocycles. The van der Waals surface area contributed by atoms with Gasteiger partial charge in [-0.3, -0.25) is 4.98 Å². The van der Waals surface area contributed by atoms with Gasteiger partial charge in [-0.1, -0.05) is 120 Å². The molecule has 1 aliphatic heterocycles. The summed E-state index contributed by atoms with van der Waals surface area (Å²) < 4.78 is 21.2. The molecular formula is C51H33FN4PdS. The summed E-state index contributed by atoms with van der Waals surface area (Å²) in [6.45, 7) is 0. The van der Waals surface area contributed by atoms with Crippen molar-refractivity contribution >= 4 is 44.7 Å². The van der Waals surface area contributed by atoms with Crippen molar-refractivity contribution in [1.29, 1.82) is 0 Å². The van der Waals surface area contributed by atoms with Gasteiger partial charge in [0.15, 0.2) is 0 Å². The Morgan fingerprint density at radius 3 is 2.10 bits per heavy atom. The van der Waals surface area contributed by atoms with Crippen molar-refractivity contribution in [2.75, 3.05) is 0 Å². The number of halogens is 1. The number of nitrogens with zero attached hydrogens (tertiary/aromatic N) is 4. The predicted octanol–water partition coefficient (Wildman–Crippen LogP) is 12.2. The molecule has 58 heavy (non-hydrogen) atoms. The van der Waals surface area contributed by atoms with Crippen LogP contribution in [0.4, 0.5) is 4.39 Å². The summed E-state index contributed by atoms with van der Waals surface area (Å²) in [7, 11) is 1.98. The number of imidazole rings is 1. The van der Waals surface area contributed by atoms with Crippen molar-refractivity contribution in [2.45, 2.75) is 21.4 Å². The Labute approximate surface area is 353 Å². The number of hydrogen-bond donors (Lipinski definition) is 0. The molecule has 1 atom stereocenters. The summed E-state index contributed by atoms with van der Waals surface area (Å²) >= 11 is 1.79. The van der Waals surface area contributed by atoms with E-state index in [1.165, 1.54) is 21.6 Å². The number of aromatic nitrogens is 4. The smallest absolute Gasteiger partial charge is 0.367 e. The Morgan fingerprint density at radius 2 is 1.33 bits per heavy atom. The van der Waals surface area contributed by atoms with Gasteiger partial charge in [0, 0.05) is 39.4 Å². The first kappa shape index (κ1) is 36.3. The molecule has 1 aliphatic rings. The van der Waals surface area contributed by atoms with E-state index in [-0.39, 0.29) is 20.4 Å². The van der Waals surface area contributed by atoms with Gasteiger partial charge in [-0.15, -0.1) is 41.5 Å². The first-order valence-corrected chi connectivity index (χ1v) is 19.8. The topological polar surface area (TPSA) is 35.6 Å². The third kappa shape index (κ3) is 5.46. The molecular weight excluding hydrogens is 826 g/mol. The van der Waals surface area contributed by atoms with Gasteiger partial charge < -0.3 is 9.13 Å². The number of rotatable bonds is 6. The van der Waals surface area contributed by atoms with Crippen LogP contribution in [0.3, 0.4) is 0 Å². The van der Waals surface area contributed by atoms with E-state index in [0.29, 0.717) is 16.8 Å². The Bertz CT molecular complexity index is 3120. The molecule has 0 bridgehead atoms. The summed E-state index contributed by atoms with van der Waals surface area (Å²) in [5, 5.41) is 2.10. The Morgan fingerprint density at radius 1 is 0.638 bits per heavy atom. The molecule has 0 spiro atoms. The van der Waals surface area contributed by atoms with Crippen LogP contribution in [-0.4, -0.2) is 19.1 Å². The number of alkyl halides is 1. The van der Waals surface area contributed by atoms with Gasteiger partial charge in [-0.05, 0) is 53.1 Å². The first-order valence-electron chi connectivity index (χ1n) is 19.0. The number of benzene rings is 7. The molecule has 0 saturated carbocycles. The molecule has 0 amide bonds. The first-order chi connectivity index (χ1) is 28.1. The molecule has 10 aromatic rings. The van der Waals surface area contributed by atoms with Crippen LogP contribution in [0.25, 0.3) is 50.0 Å². The second-order valence-corrected chi connectivity index (χ2v) is 15.6. The van der Waals surface area contributed by atoms with E-state index in [9.17, 15) is 0 Å². The number of pyridine rings is 1. The van der Waals surface area contributed by atoms with Gasteiger partial charge in [0.25, 0.3) is 0 Å². The quantitative estimate of drug-likeness (QED) is 0.123. The van der Waals surface area contributed by atoms with Crippen molar-refractivity contribution in [3.05, 3.63) is 222 Å². The molecule has 0 fully saturated rings. The Kier molecular flexibility index (Phi) is 8.99. The summed E-state index contributed by atoms with van der Waals surface area (Å²) in [6, 6.07) is 65.3. The molecule has 4 nitrogen and oxygen atoms in total. The summed E-state index contributed by atoms with van der Waals surface area (Å²) in [5.41, 5.74) is 10.0. The molecule has 7 aromatic carbocycles. The molecule has 1 unspecified atom stereocenters. The van der Waals surface area contributed by atoms with Crippen LogP contribution < -0.4 is 0 Å². The van der Waals surface area contributed by atoms with Crippen LogP contribution in [0.2, 0.25) is 0 Å². The van der Waals surface area contributed by atoms with Crippen LogP contribution in [0.15, 0.2) is 186 Å². The van der Waals surface area contributed by atoms with Crippen LogP contribution in [0.1, 0.15) is 39.6 Å². The normalized spacial score (nSPS) is 13.6. The molecule has 0 radical (unpaired) electrons. The molecule has 0 saturated heterocycles. The second-order valence-electron chi connectivity index (χ2n) is 14.5. The summed E-state index contributed by atoms with van der Waals surface area (Å²) in [4.78, 5) is 12.2. The maximum atomic E-state index is 17.0. The van der Waals surface area contributed by atoms with Gasteiger partial charge in [0.2, 0.25) is 0 Å². The van der Waals surface area contributed by atoms with Crippen LogP contribution in [-0.2, 0) is 32.9 Å². The van der Waals surface area contributed by atoms with Crippen molar-refractivity contribution in [1.82, 2.24) is 19.1 Å². The fourth-order valence-corrected chi connectivity index (χ4v) is 10.1. The number of fused-ring (bicyclic) bond motifs is 7. The van der Waals surface area contributed by atoms with Crippen molar-refractivity contribution in [3.63, 3.8) is 0 Å². The third-order valence-corrected chi connectivity index (χ3v) is 12.5. The summed E-state index contributed by atoms with van der Waals surface area (Å²) in [5.74, 6) is 0.740. The minimum atomic E-state index is -1.48. The van der Waals surface area contributed by atoms with Crippen LogP contribution >= 0.6 is 11.8 Å². The monoisotopic (exact) mass is 858 g/mol. The van der Waals surface area contributed by atoms with E-state index in [2.05, 4.69) is 120 Å². The SMILES string of the molecule is Cn1c(-c2[c-]c(C(F)c3[c-]c(-n4c5ncccc5c5ccc6c(c54)C(c4ccccc4)(c4ccccc4)c4ccccc4S6)ccc3)ccc2)nc2ccccc21.[Pd+2]. The van der Waals surface area contributed by atoms with E-state index in [4.69, 9.17) is 9.97 Å². The molecule has 0 N–H and O–H groups in total. The standard InChI is InChI=1S/C51H33FN4S.Pd/c1-55-43-26-10-9-25-42(43)54-49(55)35-17-12-15-33(31-35)47(52)34-16-13-22-38(32-34)56-48-39(40-23-14-30-53-50(40)56)28-29-45-46(48)51(36-18-4-2-5-19-36,37-20-6-3-7-21-37)41-24-8-11-27-44(41)57-45;/h2-30,47H,1H3;/q-2;+2. The number of para-hydroxylation sites is 2. The van der Waals surface area contributed by atoms with Gasteiger partial charge in [-0.2, -0.15) is 18.2 Å². The molecule has 4 heterocycles. The predicted molar refractivity (Wildman–Crippen MR) is 228 cm³/mol. The van der Waals surface area contributed by atoms with Crippen LogP contribution in [0.5, 0.6) is 0 Å². The maximum Gasteiger partial charge on any atom is 2.00 e. The molecule has 11 rings (SSSR count).